The van der Waals surface area contributed by atoms with Crippen molar-refractivity contribution in [3.05, 3.63) is 70.2 Å². The van der Waals surface area contributed by atoms with Gasteiger partial charge in [0.2, 0.25) is 11.8 Å². The molecule has 0 radical (unpaired) electrons. The Bertz CT molecular complexity index is 912. The van der Waals surface area contributed by atoms with Crippen LogP contribution in [0.15, 0.2) is 42.5 Å². The molecule has 2 aromatic carbocycles. The van der Waals surface area contributed by atoms with Gasteiger partial charge in [-0.2, -0.15) is 0 Å². The highest BCUT2D eigenvalue weighted by Crippen LogP contribution is 2.25. The highest BCUT2D eigenvalue weighted by Gasteiger charge is 2.30. The van der Waals surface area contributed by atoms with Gasteiger partial charge in [0, 0.05) is 28.4 Å². The first-order valence-corrected chi connectivity index (χ1v) is 11.9. The molecule has 174 valence electrons. The lowest BCUT2D eigenvalue weighted by Crippen LogP contribution is -2.53. The zero-order chi connectivity index (χ0) is 23.9. The minimum Gasteiger partial charge on any atom is -0.350 e. The predicted octanol–water partition coefficient (Wildman–Crippen LogP) is 5.57. The van der Waals surface area contributed by atoms with Gasteiger partial charge in [0.15, 0.2) is 0 Å². The third kappa shape index (κ3) is 7.78. The number of carbonyl (C=O) groups is 2. The fourth-order valence-electron chi connectivity index (χ4n) is 3.15. The summed E-state index contributed by atoms with van der Waals surface area (Å²) in [5, 5.41) is 3.24. The van der Waals surface area contributed by atoms with Gasteiger partial charge in [-0.25, -0.2) is 8.78 Å². The third-order valence-corrected chi connectivity index (χ3v) is 5.98. The van der Waals surface area contributed by atoms with E-state index in [1.165, 1.54) is 40.9 Å². The summed E-state index contributed by atoms with van der Waals surface area (Å²) in [6.45, 7) is 7.62. The van der Waals surface area contributed by atoms with Crippen molar-refractivity contribution in [1.29, 1.82) is 0 Å². The van der Waals surface area contributed by atoms with Gasteiger partial charge in [-0.15, -0.1) is 11.8 Å². The molecule has 4 nitrogen and oxygen atoms in total. The Morgan fingerprint density at radius 3 is 2.34 bits per heavy atom. The Balaban J connectivity index is 2.18. The average molecular weight is 483 g/mol. The maximum atomic E-state index is 14.0. The second kappa shape index (κ2) is 11.7. The minimum absolute atomic E-state index is 0.0468. The Kier molecular flexibility index (Phi) is 9.52. The van der Waals surface area contributed by atoms with Crippen LogP contribution >= 0.6 is 23.4 Å². The van der Waals surface area contributed by atoms with E-state index in [9.17, 15) is 18.4 Å². The monoisotopic (exact) mass is 482 g/mol. The summed E-state index contributed by atoms with van der Waals surface area (Å²) in [6.07, 6.45) is 0.415. The molecular weight excluding hydrogens is 454 g/mol. The average Bonchev–Trinajstić information content (AvgIpc) is 2.70. The third-order valence-electron chi connectivity index (χ3n) is 4.68. The summed E-state index contributed by atoms with van der Waals surface area (Å²) in [6, 6.07) is 9.60. The van der Waals surface area contributed by atoms with Crippen molar-refractivity contribution in [2.75, 3.05) is 5.75 Å². The summed E-state index contributed by atoms with van der Waals surface area (Å²) < 4.78 is 27.3. The number of rotatable bonds is 9. The molecule has 0 heterocycles. The molecule has 0 aromatic heterocycles. The number of thioether (sulfide) groups is 1. The molecule has 32 heavy (non-hydrogen) atoms. The molecule has 1 N–H and O–H groups in total. The van der Waals surface area contributed by atoms with E-state index in [0.29, 0.717) is 22.6 Å². The Morgan fingerprint density at radius 1 is 1.12 bits per heavy atom. The van der Waals surface area contributed by atoms with Crippen molar-refractivity contribution < 1.29 is 18.4 Å². The quantitative estimate of drug-likeness (QED) is 0.508. The largest absolute Gasteiger partial charge is 0.350 e. The van der Waals surface area contributed by atoms with Crippen molar-refractivity contribution >= 4 is 35.2 Å². The van der Waals surface area contributed by atoms with Gasteiger partial charge >= 0.3 is 0 Å². The van der Waals surface area contributed by atoms with E-state index >= 15 is 0 Å². The molecule has 0 unspecified atom stereocenters. The number of halogens is 3. The van der Waals surface area contributed by atoms with E-state index in [4.69, 9.17) is 11.6 Å². The van der Waals surface area contributed by atoms with Crippen molar-refractivity contribution in [2.45, 2.75) is 58.0 Å². The van der Waals surface area contributed by atoms with Gasteiger partial charge in [0.1, 0.15) is 17.7 Å². The van der Waals surface area contributed by atoms with Gasteiger partial charge in [-0.05, 0) is 57.0 Å². The lowest BCUT2D eigenvalue weighted by molar-refractivity contribution is -0.140. The van der Waals surface area contributed by atoms with Crippen LogP contribution < -0.4 is 5.32 Å². The van der Waals surface area contributed by atoms with Crippen LogP contribution in [-0.2, 0) is 21.9 Å². The van der Waals surface area contributed by atoms with Gasteiger partial charge in [-0.1, -0.05) is 36.7 Å². The zero-order valence-electron chi connectivity index (χ0n) is 18.8. The van der Waals surface area contributed by atoms with Crippen LogP contribution in [0.3, 0.4) is 0 Å². The SMILES string of the molecule is CC[C@H](C(=O)NC(C)(C)C)N(Cc1ccc(F)cc1)C(=O)CSCc1c(F)cccc1Cl. The van der Waals surface area contributed by atoms with E-state index in [0.717, 1.165) is 0 Å². The van der Waals surface area contributed by atoms with E-state index in [1.807, 2.05) is 27.7 Å². The highest BCUT2D eigenvalue weighted by molar-refractivity contribution is 7.99. The lowest BCUT2D eigenvalue weighted by Gasteiger charge is -2.33. The van der Waals surface area contributed by atoms with Crippen LogP contribution in [0, 0.1) is 11.6 Å². The number of nitrogens with zero attached hydrogens (tertiary/aromatic N) is 1. The first-order valence-electron chi connectivity index (χ1n) is 10.4. The minimum atomic E-state index is -0.690. The van der Waals surface area contributed by atoms with Gasteiger partial charge in [0.25, 0.3) is 0 Å². The summed E-state index contributed by atoms with van der Waals surface area (Å²) in [4.78, 5) is 27.6. The molecule has 0 aliphatic heterocycles. The summed E-state index contributed by atoms with van der Waals surface area (Å²) >= 11 is 7.30. The molecule has 1 atom stereocenters. The van der Waals surface area contributed by atoms with Gasteiger partial charge in [0.05, 0.1) is 5.75 Å². The van der Waals surface area contributed by atoms with Crippen LogP contribution in [0.2, 0.25) is 5.02 Å². The summed E-state index contributed by atoms with van der Waals surface area (Å²) in [7, 11) is 0. The number of nitrogens with one attached hydrogen (secondary N) is 1. The molecule has 2 amide bonds. The van der Waals surface area contributed by atoms with E-state index in [1.54, 1.807) is 18.2 Å². The number of amides is 2. The standard InChI is InChI=1S/C24H29ClF2N2O2S/c1-5-21(23(31)28-24(2,3)4)29(13-16-9-11-17(26)12-10-16)22(30)15-32-14-18-19(25)7-6-8-20(18)27/h6-12,21H,5,13-15H2,1-4H3,(H,28,31)/t21-/m1/s1. The number of benzene rings is 2. The molecule has 0 bridgehead atoms. The molecule has 0 aliphatic rings. The Hall–Kier alpha value is -2.12. The first kappa shape index (κ1) is 26.1. The molecule has 2 aromatic rings. The van der Waals surface area contributed by atoms with E-state index < -0.39 is 17.4 Å². The smallest absolute Gasteiger partial charge is 0.243 e. The Morgan fingerprint density at radius 2 is 1.78 bits per heavy atom. The molecule has 2 rings (SSSR count). The molecule has 0 aliphatic carbocycles. The van der Waals surface area contributed by atoms with Crippen molar-refractivity contribution in [3.8, 4) is 0 Å². The van der Waals surface area contributed by atoms with Gasteiger partial charge in [-0.3, -0.25) is 9.59 Å². The lowest BCUT2D eigenvalue weighted by atomic mass is 10.1. The van der Waals surface area contributed by atoms with E-state index in [-0.39, 0.29) is 35.7 Å². The maximum absolute atomic E-state index is 14.0. The number of hydrogen-bond donors (Lipinski definition) is 1. The summed E-state index contributed by atoms with van der Waals surface area (Å²) in [5.74, 6) is -1.03. The first-order chi connectivity index (χ1) is 15.0. The second-order valence-electron chi connectivity index (χ2n) is 8.50. The van der Waals surface area contributed by atoms with Crippen LogP contribution in [0.1, 0.15) is 45.2 Å². The number of hydrogen-bond acceptors (Lipinski definition) is 3. The van der Waals surface area contributed by atoms with Crippen molar-refractivity contribution in [2.24, 2.45) is 0 Å². The molecule has 8 heteroatoms. The van der Waals surface area contributed by atoms with Gasteiger partial charge < -0.3 is 10.2 Å². The van der Waals surface area contributed by atoms with Crippen LogP contribution in [0.5, 0.6) is 0 Å². The molecule has 0 saturated carbocycles. The second-order valence-corrected chi connectivity index (χ2v) is 9.90. The molecule has 0 saturated heterocycles. The van der Waals surface area contributed by atoms with Crippen molar-refractivity contribution in [3.63, 3.8) is 0 Å². The predicted molar refractivity (Wildman–Crippen MR) is 126 cm³/mol. The topological polar surface area (TPSA) is 49.4 Å². The normalized spacial score (nSPS) is 12.3. The van der Waals surface area contributed by atoms with Crippen LogP contribution in [0.4, 0.5) is 8.78 Å². The number of carbonyl (C=O) groups excluding carboxylic acids is 2. The molecule has 0 fully saturated rings. The van der Waals surface area contributed by atoms with Crippen LogP contribution in [0.25, 0.3) is 0 Å². The Labute approximate surface area is 197 Å². The van der Waals surface area contributed by atoms with Crippen molar-refractivity contribution in [1.82, 2.24) is 10.2 Å². The fourth-order valence-corrected chi connectivity index (χ4v) is 4.40. The summed E-state index contributed by atoms with van der Waals surface area (Å²) in [5.41, 5.74) is 0.601. The fraction of sp³-hybridized carbons (Fsp3) is 0.417. The molecule has 0 spiro atoms. The maximum Gasteiger partial charge on any atom is 0.243 e. The molecular formula is C24H29ClF2N2O2S. The van der Waals surface area contributed by atoms with Crippen LogP contribution in [-0.4, -0.2) is 34.0 Å². The highest BCUT2D eigenvalue weighted by atomic mass is 35.5. The van der Waals surface area contributed by atoms with E-state index in [2.05, 4.69) is 5.32 Å². The zero-order valence-corrected chi connectivity index (χ0v) is 20.3.